The summed E-state index contributed by atoms with van der Waals surface area (Å²) in [5.41, 5.74) is 5.56. The summed E-state index contributed by atoms with van der Waals surface area (Å²) >= 11 is 0. The second-order valence-corrected chi connectivity index (χ2v) is 8.96. The lowest BCUT2D eigenvalue weighted by Crippen LogP contribution is -2.19. The molecule has 0 radical (unpaired) electrons. The lowest BCUT2D eigenvalue weighted by Gasteiger charge is -2.16. The molecule has 1 aromatic rings. The van der Waals surface area contributed by atoms with E-state index in [-0.39, 0.29) is 36.4 Å². The maximum absolute atomic E-state index is 12.3. The molecule has 5 N–H and O–H groups in total. The Hall–Kier alpha value is -2.97. The van der Waals surface area contributed by atoms with Crippen LogP contribution >= 0.6 is 0 Å². The number of primary amides is 1. The molecule has 0 bridgehead atoms. The summed E-state index contributed by atoms with van der Waals surface area (Å²) in [5, 5.41) is 22.8. The van der Waals surface area contributed by atoms with Crippen LogP contribution in [0, 0.1) is 11.8 Å². The van der Waals surface area contributed by atoms with Crippen molar-refractivity contribution in [2.75, 3.05) is 5.32 Å². The van der Waals surface area contributed by atoms with Crippen molar-refractivity contribution in [2.45, 2.75) is 76.9 Å². The smallest absolute Gasteiger partial charge is 0.316 e. The summed E-state index contributed by atoms with van der Waals surface area (Å²) in [6, 6.07) is 5.66. The van der Waals surface area contributed by atoms with Crippen molar-refractivity contribution in [3.05, 3.63) is 48.6 Å². The number of carbonyl (C=O) groups excluding carboxylic acids is 3. The highest BCUT2D eigenvalue weighted by Gasteiger charge is 2.39. The van der Waals surface area contributed by atoms with Gasteiger partial charge in [-0.25, -0.2) is 4.79 Å². The Morgan fingerprint density at radius 2 is 1.94 bits per heavy atom. The largest absolute Gasteiger partial charge is 0.427 e. The lowest BCUT2D eigenvalue weighted by molar-refractivity contribution is -0.134. The molecule has 2 amide bonds. The van der Waals surface area contributed by atoms with Crippen LogP contribution in [0.15, 0.2) is 48.6 Å². The molecule has 35 heavy (non-hydrogen) atoms. The molecule has 8 heteroatoms. The van der Waals surface area contributed by atoms with Gasteiger partial charge in [-0.15, -0.1) is 0 Å². The van der Waals surface area contributed by atoms with E-state index in [4.69, 9.17) is 10.5 Å². The topological polar surface area (TPSA) is 139 Å². The molecule has 2 rings (SSSR count). The molecule has 1 aliphatic carbocycles. The van der Waals surface area contributed by atoms with Gasteiger partial charge in [0.05, 0.1) is 12.2 Å². The minimum atomic E-state index is -0.713. The molecule has 1 fully saturated rings. The van der Waals surface area contributed by atoms with Crippen molar-refractivity contribution >= 4 is 23.5 Å². The fraction of sp³-hybridized carbons (Fsp3) is 0.519. The zero-order valence-electron chi connectivity index (χ0n) is 20.4. The molecule has 4 atom stereocenters. The Labute approximate surface area is 207 Å². The Morgan fingerprint density at radius 1 is 1.20 bits per heavy atom. The Kier molecular flexibility index (Phi) is 12.2. The number of aliphatic hydroxyl groups excluding tert-OH is 2. The number of ether oxygens (including phenoxy) is 1. The molecule has 0 unspecified atom stereocenters. The van der Waals surface area contributed by atoms with Crippen LogP contribution in [0.25, 0.3) is 0 Å². The predicted molar refractivity (Wildman–Crippen MR) is 135 cm³/mol. The van der Waals surface area contributed by atoms with E-state index in [2.05, 4.69) is 12.2 Å². The second kappa shape index (κ2) is 15.1. The number of esters is 1. The number of unbranched alkanes of at least 4 members (excludes halogenated alkanes) is 3. The molecule has 1 aliphatic rings. The number of amides is 2. The number of aliphatic hydroxyl groups is 2. The Bertz CT molecular complexity index is 880. The van der Waals surface area contributed by atoms with E-state index in [0.717, 1.165) is 19.3 Å². The summed E-state index contributed by atoms with van der Waals surface area (Å²) in [6.07, 6.45) is 12.1. The van der Waals surface area contributed by atoms with Crippen LogP contribution in [0.1, 0.15) is 64.7 Å². The third-order valence-corrected chi connectivity index (χ3v) is 6.05. The van der Waals surface area contributed by atoms with E-state index in [1.165, 1.54) is 0 Å². The normalized spacial score (nSPS) is 21.0. The average molecular weight is 487 g/mol. The van der Waals surface area contributed by atoms with Gasteiger partial charge >= 0.3 is 12.0 Å². The van der Waals surface area contributed by atoms with E-state index < -0.39 is 18.2 Å². The van der Waals surface area contributed by atoms with Gasteiger partial charge in [-0.05, 0) is 49.9 Å². The van der Waals surface area contributed by atoms with E-state index in [1.807, 2.05) is 12.2 Å². The average Bonchev–Trinajstić information content (AvgIpc) is 3.07. The lowest BCUT2D eigenvalue weighted by atomic mass is 9.90. The number of hydrogen-bond donors (Lipinski definition) is 4. The first-order chi connectivity index (χ1) is 16.8. The molecule has 0 saturated heterocycles. The third kappa shape index (κ3) is 10.4. The van der Waals surface area contributed by atoms with Crippen LogP contribution in [-0.4, -0.2) is 40.2 Å². The van der Waals surface area contributed by atoms with Crippen LogP contribution in [0.4, 0.5) is 10.5 Å². The zero-order valence-corrected chi connectivity index (χ0v) is 20.4. The Morgan fingerprint density at radius 3 is 2.63 bits per heavy atom. The van der Waals surface area contributed by atoms with Gasteiger partial charge in [-0.3, -0.25) is 9.59 Å². The van der Waals surface area contributed by atoms with Gasteiger partial charge in [-0.1, -0.05) is 50.5 Å². The molecule has 1 saturated carbocycles. The number of Topliss-reactive ketones (excluding diaryl/α,β-unsaturated/α-hetero) is 1. The number of ketones is 1. The summed E-state index contributed by atoms with van der Waals surface area (Å²) in [6.45, 7) is 2.11. The van der Waals surface area contributed by atoms with Gasteiger partial charge in [0.1, 0.15) is 11.5 Å². The number of benzene rings is 1. The highest BCUT2D eigenvalue weighted by Crippen LogP contribution is 2.33. The van der Waals surface area contributed by atoms with Crippen LogP contribution in [0.5, 0.6) is 5.75 Å². The van der Waals surface area contributed by atoms with E-state index in [1.54, 1.807) is 36.4 Å². The number of anilines is 1. The standard InChI is InChI=1S/C27H38N2O6/c1-2-3-6-9-20(30)14-17-23-22(24(31)18-25(23)32)10-7-4-5-8-11-26(33)35-21-15-12-19(13-16-21)29-27(28)34/h4,7,12-17,20,22-23,25,30,32H,2-3,5-6,8-11,18H2,1H3,(H3,28,29,34)/b7-4-,17-14+/t20-,22+,23+,25+/m0/s1. The summed E-state index contributed by atoms with van der Waals surface area (Å²) < 4.78 is 5.27. The molecule has 0 aromatic heterocycles. The van der Waals surface area contributed by atoms with Gasteiger partial charge in [0.2, 0.25) is 0 Å². The van der Waals surface area contributed by atoms with Crippen LogP contribution in [0.2, 0.25) is 0 Å². The fourth-order valence-corrected chi connectivity index (χ4v) is 4.14. The van der Waals surface area contributed by atoms with Gasteiger partial charge < -0.3 is 26.0 Å². The molecule has 1 aromatic carbocycles. The first-order valence-electron chi connectivity index (χ1n) is 12.4. The van der Waals surface area contributed by atoms with Crippen molar-refractivity contribution in [3.63, 3.8) is 0 Å². The number of nitrogens with one attached hydrogen (secondary N) is 1. The molecule has 0 spiro atoms. The van der Waals surface area contributed by atoms with Crippen molar-refractivity contribution in [1.82, 2.24) is 0 Å². The number of nitrogens with two attached hydrogens (primary N) is 1. The van der Waals surface area contributed by atoms with Gasteiger partial charge in [0.15, 0.2) is 0 Å². The summed E-state index contributed by atoms with van der Waals surface area (Å²) in [7, 11) is 0. The summed E-state index contributed by atoms with van der Waals surface area (Å²) in [5.74, 6) is -0.512. The van der Waals surface area contributed by atoms with Crippen LogP contribution < -0.4 is 15.8 Å². The van der Waals surface area contributed by atoms with E-state index in [9.17, 15) is 24.6 Å². The Balaban J connectivity index is 1.71. The maximum atomic E-state index is 12.3. The minimum absolute atomic E-state index is 0.0397. The SMILES string of the molecule is CCCCC[C@H](O)/C=C/[C@H]1[C@H](O)CC(=O)[C@@H]1C/C=C\CCCC(=O)Oc1ccc(NC(N)=O)cc1. The molecule has 0 heterocycles. The monoisotopic (exact) mass is 486 g/mol. The van der Waals surface area contributed by atoms with Gasteiger partial charge in [0, 0.05) is 30.4 Å². The van der Waals surface area contributed by atoms with Crippen molar-refractivity contribution < 1.29 is 29.3 Å². The molecular formula is C27H38N2O6. The highest BCUT2D eigenvalue weighted by molar-refractivity contribution is 5.87. The maximum Gasteiger partial charge on any atom is 0.316 e. The number of urea groups is 1. The quantitative estimate of drug-likeness (QED) is 0.134. The summed E-state index contributed by atoms with van der Waals surface area (Å²) in [4.78, 5) is 35.2. The van der Waals surface area contributed by atoms with Gasteiger partial charge in [-0.2, -0.15) is 0 Å². The van der Waals surface area contributed by atoms with E-state index >= 15 is 0 Å². The first kappa shape index (κ1) is 28.3. The molecule has 0 aliphatic heterocycles. The minimum Gasteiger partial charge on any atom is -0.427 e. The zero-order chi connectivity index (χ0) is 25.6. The van der Waals surface area contributed by atoms with Crippen LogP contribution in [-0.2, 0) is 9.59 Å². The van der Waals surface area contributed by atoms with Gasteiger partial charge in [0.25, 0.3) is 0 Å². The van der Waals surface area contributed by atoms with Crippen molar-refractivity contribution in [2.24, 2.45) is 17.6 Å². The number of carbonyl (C=O) groups is 3. The number of allylic oxidation sites excluding steroid dienone is 2. The van der Waals surface area contributed by atoms with E-state index in [0.29, 0.717) is 37.1 Å². The van der Waals surface area contributed by atoms with Crippen molar-refractivity contribution in [1.29, 1.82) is 0 Å². The van der Waals surface area contributed by atoms with Crippen LogP contribution in [0.3, 0.4) is 0 Å². The number of hydrogen-bond acceptors (Lipinski definition) is 6. The second-order valence-electron chi connectivity index (χ2n) is 8.96. The highest BCUT2D eigenvalue weighted by atomic mass is 16.5. The predicted octanol–water partition coefficient (Wildman–Crippen LogP) is 4.26. The molecule has 192 valence electrons. The first-order valence-corrected chi connectivity index (χ1v) is 12.4. The molecular weight excluding hydrogens is 448 g/mol. The van der Waals surface area contributed by atoms with Crippen molar-refractivity contribution in [3.8, 4) is 5.75 Å². The number of rotatable bonds is 14. The fourth-order valence-electron chi connectivity index (χ4n) is 4.14. The third-order valence-electron chi connectivity index (χ3n) is 6.05. The molecule has 8 nitrogen and oxygen atoms in total.